The molecular weight excluding hydrogens is 590 g/mol. The number of amidine groups is 1. The zero-order chi connectivity index (χ0) is 32.7. The van der Waals surface area contributed by atoms with Crippen molar-refractivity contribution in [2.75, 3.05) is 20.7 Å². The van der Waals surface area contributed by atoms with Gasteiger partial charge < -0.3 is 34.7 Å². The maximum atomic E-state index is 15.8. The van der Waals surface area contributed by atoms with E-state index in [2.05, 4.69) is 4.98 Å². The summed E-state index contributed by atoms with van der Waals surface area (Å²) in [5.41, 5.74) is 6.48. The number of nitrogens with zero attached hydrogens (tertiary/aromatic N) is 2. The molecule has 0 atom stereocenters. The van der Waals surface area contributed by atoms with Crippen molar-refractivity contribution in [3.8, 4) is 40.5 Å². The third-order valence-corrected chi connectivity index (χ3v) is 5.95. The lowest BCUT2D eigenvalue weighted by atomic mass is 10.2. The van der Waals surface area contributed by atoms with Crippen molar-refractivity contribution >= 4 is 23.8 Å². The summed E-state index contributed by atoms with van der Waals surface area (Å²) in [4.78, 5) is 29.2. The van der Waals surface area contributed by atoms with Gasteiger partial charge in [-0.2, -0.15) is 13.8 Å². The van der Waals surface area contributed by atoms with Gasteiger partial charge in [0.05, 0.1) is 6.61 Å². The molecule has 4 rings (SSSR count). The number of halogens is 2. The molecule has 0 bridgehead atoms. The minimum Gasteiger partial charge on any atom is -0.504 e. The van der Waals surface area contributed by atoms with Crippen molar-refractivity contribution in [3.63, 3.8) is 0 Å². The summed E-state index contributed by atoms with van der Waals surface area (Å²) in [6.45, 7) is 1.90. The fraction of sp³-hybridized carbons (Fsp3) is 0.125. The molecule has 0 saturated heterocycles. The number of aromatic nitrogens is 1. The summed E-state index contributed by atoms with van der Waals surface area (Å²) in [6, 6.07) is 15.4. The number of carbonyl (C=O) groups excluding carboxylic acids is 2. The van der Waals surface area contributed by atoms with Crippen LogP contribution in [0, 0.1) is 17.0 Å². The van der Waals surface area contributed by atoms with Crippen LogP contribution in [0.15, 0.2) is 72.8 Å². The van der Waals surface area contributed by atoms with E-state index >= 15 is 8.78 Å². The Morgan fingerprint density at radius 3 is 2.27 bits per heavy atom. The van der Waals surface area contributed by atoms with Gasteiger partial charge in [0.2, 0.25) is 17.4 Å². The first kappa shape index (κ1) is 31.9. The van der Waals surface area contributed by atoms with Gasteiger partial charge in [0.15, 0.2) is 11.5 Å². The Morgan fingerprint density at radius 2 is 1.62 bits per heavy atom. The molecule has 1 amide bonds. The Morgan fingerprint density at radius 1 is 0.933 bits per heavy atom. The maximum absolute atomic E-state index is 15.8. The van der Waals surface area contributed by atoms with Gasteiger partial charge in [-0.3, -0.25) is 10.2 Å². The molecule has 0 aliphatic carbocycles. The van der Waals surface area contributed by atoms with Crippen molar-refractivity contribution in [2.24, 2.45) is 5.73 Å². The zero-order valence-electron chi connectivity index (χ0n) is 24.3. The number of nitrogens with two attached hydrogens (primary N) is 1. The molecule has 4 N–H and O–H groups in total. The van der Waals surface area contributed by atoms with Crippen LogP contribution in [0.3, 0.4) is 0 Å². The first-order chi connectivity index (χ1) is 21.5. The Hall–Kier alpha value is -5.98. The standard InChI is InChI=1S/C32H28F2N4O7/c1-4-42-25(40)15-10-18-8-12-21(13-9-18)43-28-26(33)30(44-22-7-5-6-20(16-22)32(41)38(2)3)37-31(27(28)34)45-24-17-19(29(35)36)11-14-23(24)39/h5-17,39H,4H2,1-3H3,(H3,35,36). The molecule has 232 valence electrons. The number of carbonyl (C=O) groups is 2. The van der Waals surface area contributed by atoms with E-state index in [0.717, 1.165) is 0 Å². The number of nitrogen functional groups attached to an aromatic ring is 1. The Labute approximate surface area is 256 Å². The second kappa shape index (κ2) is 14.0. The number of benzene rings is 3. The van der Waals surface area contributed by atoms with Crippen LogP contribution in [-0.4, -0.2) is 53.4 Å². The van der Waals surface area contributed by atoms with E-state index in [4.69, 9.17) is 30.1 Å². The molecule has 11 nitrogen and oxygen atoms in total. The molecule has 1 aromatic heterocycles. The number of esters is 1. The molecule has 0 radical (unpaired) electrons. The summed E-state index contributed by atoms with van der Waals surface area (Å²) in [5.74, 6) is -7.29. The number of nitrogens with one attached hydrogen (secondary N) is 1. The summed E-state index contributed by atoms with van der Waals surface area (Å²) >= 11 is 0. The number of ether oxygens (including phenoxy) is 4. The Kier molecular flexibility index (Phi) is 9.93. The average molecular weight is 619 g/mol. The van der Waals surface area contributed by atoms with Crippen molar-refractivity contribution in [3.05, 3.63) is 101 Å². The van der Waals surface area contributed by atoms with E-state index in [1.807, 2.05) is 0 Å². The second-order valence-corrected chi connectivity index (χ2v) is 9.46. The van der Waals surface area contributed by atoms with Crippen molar-refractivity contribution in [1.29, 1.82) is 5.41 Å². The van der Waals surface area contributed by atoms with Crippen LogP contribution in [0.1, 0.15) is 28.4 Å². The van der Waals surface area contributed by atoms with Gasteiger partial charge in [-0.15, -0.1) is 0 Å². The largest absolute Gasteiger partial charge is 0.504 e. The number of phenolic OH excluding ortho intramolecular Hbond substituents is 1. The average Bonchev–Trinajstić information content (AvgIpc) is 3.01. The van der Waals surface area contributed by atoms with Crippen LogP contribution in [0.4, 0.5) is 8.78 Å². The lowest BCUT2D eigenvalue weighted by Gasteiger charge is -2.16. The van der Waals surface area contributed by atoms with Crippen molar-refractivity contribution < 1.29 is 42.4 Å². The van der Waals surface area contributed by atoms with Gasteiger partial charge in [-0.25, -0.2) is 4.79 Å². The summed E-state index contributed by atoms with van der Waals surface area (Å²) in [6.07, 6.45) is 2.72. The molecular formula is C32H28F2N4O7. The van der Waals surface area contributed by atoms with Crippen molar-refractivity contribution in [1.82, 2.24) is 9.88 Å². The van der Waals surface area contributed by atoms with Gasteiger partial charge in [0.1, 0.15) is 17.3 Å². The lowest BCUT2D eigenvalue weighted by molar-refractivity contribution is -0.137. The number of phenols is 1. The molecule has 13 heteroatoms. The van der Waals surface area contributed by atoms with Gasteiger partial charge in [0, 0.05) is 31.3 Å². The van der Waals surface area contributed by atoms with Gasteiger partial charge in [-0.05, 0) is 67.1 Å². The number of amides is 1. The third kappa shape index (κ3) is 7.90. The molecule has 0 spiro atoms. The van der Waals surface area contributed by atoms with E-state index < -0.39 is 40.9 Å². The number of rotatable bonds is 11. The highest BCUT2D eigenvalue weighted by Gasteiger charge is 2.27. The lowest BCUT2D eigenvalue weighted by Crippen LogP contribution is -2.21. The van der Waals surface area contributed by atoms with E-state index in [0.29, 0.717) is 5.56 Å². The van der Waals surface area contributed by atoms with Crippen LogP contribution < -0.4 is 19.9 Å². The third-order valence-electron chi connectivity index (χ3n) is 5.95. The Bertz CT molecular complexity index is 1780. The minimum atomic E-state index is -1.38. The van der Waals surface area contributed by atoms with Crippen LogP contribution in [-0.2, 0) is 9.53 Å². The zero-order valence-corrected chi connectivity index (χ0v) is 24.3. The van der Waals surface area contributed by atoms with Gasteiger partial charge in [0.25, 0.3) is 17.7 Å². The highest BCUT2D eigenvalue weighted by atomic mass is 19.1. The molecule has 0 unspecified atom stereocenters. The molecule has 0 aliphatic heterocycles. The topological polar surface area (TPSA) is 157 Å². The van der Waals surface area contributed by atoms with Crippen LogP contribution in [0.5, 0.6) is 40.5 Å². The fourth-order valence-electron chi connectivity index (χ4n) is 3.76. The summed E-state index contributed by atoms with van der Waals surface area (Å²) in [5, 5.41) is 17.9. The van der Waals surface area contributed by atoms with Crippen LogP contribution in [0.25, 0.3) is 6.08 Å². The van der Waals surface area contributed by atoms with Crippen LogP contribution >= 0.6 is 0 Å². The molecule has 3 aromatic carbocycles. The molecule has 45 heavy (non-hydrogen) atoms. The van der Waals surface area contributed by atoms with Gasteiger partial charge in [-0.1, -0.05) is 18.2 Å². The van der Waals surface area contributed by atoms with E-state index in [1.165, 1.54) is 83.8 Å². The first-order valence-corrected chi connectivity index (χ1v) is 13.3. The van der Waals surface area contributed by atoms with E-state index in [-0.39, 0.29) is 46.7 Å². The Balaban J connectivity index is 1.74. The highest BCUT2D eigenvalue weighted by Crippen LogP contribution is 2.41. The normalized spacial score (nSPS) is 10.8. The molecule has 0 fully saturated rings. The highest BCUT2D eigenvalue weighted by molar-refractivity contribution is 5.95. The number of pyridine rings is 1. The quantitative estimate of drug-likeness (QED) is 0.0793. The fourth-order valence-corrected chi connectivity index (χ4v) is 3.76. The van der Waals surface area contributed by atoms with E-state index in [1.54, 1.807) is 21.0 Å². The number of hydrogen-bond acceptors (Lipinski definition) is 9. The first-order valence-electron chi connectivity index (χ1n) is 13.3. The summed E-state index contributed by atoms with van der Waals surface area (Å²) < 4.78 is 53.1. The molecule has 0 saturated carbocycles. The van der Waals surface area contributed by atoms with E-state index in [9.17, 15) is 14.7 Å². The van der Waals surface area contributed by atoms with Crippen LogP contribution in [0.2, 0.25) is 0 Å². The summed E-state index contributed by atoms with van der Waals surface area (Å²) in [7, 11) is 3.12. The molecule has 1 heterocycles. The predicted molar refractivity (Wildman–Crippen MR) is 160 cm³/mol. The second-order valence-electron chi connectivity index (χ2n) is 9.46. The molecule has 0 aliphatic rings. The van der Waals surface area contributed by atoms with Crippen molar-refractivity contribution in [2.45, 2.75) is 6.92 Å². The minimum absolute atomic E-state index is 0.00299. The number of hydrogen-bond donors (Lipinski definition) is 3. The maximum Gasteiger partial charge on any atom is 0.330 e. The molecule has 4 aromatic rings. The monoisotopic (exact) mass is 618 g/mol. The van der Waals surface area contributed by atoms with Gasteiger partial charge >= 0.3 is 5.97 Å². The SMILES string of the molecule is CCOC(=O)C=Cc1ccc(Oc2c(F)c(Oc3cccc(C(=O)N(C)C)c3)nc(Oc3cc(C(=N)N)ccc3O)c2F)cc1. The number of aromatic hydroxyl groups is 1. The smallest absolute Gasteiger partial charge is 0.330 e. The predicted octanol–water partition coefficient (Wildman–Crippen LogP) is 6.00.